The zero-order valence-corrected chi connectivity index (χ0v) is 7.23. The summed E-state index contributed by atoms with van der Waals surface area (Å²) in [5.41, 5.74) is 0.856. The van der Waals surface area contributed by atoms with Crippen LogP contribution in [-0.4, -0.2) is 29.8 Å². The molecule has 0 aliphatic carbocycles. The lowest BCUT2D eigenvalue weighted by Crippen LogP contribution is -2.34. The van der Waals surface area contributed by atoms with E-state index >= 15 is 0 Å². The topological polar surface area (TPSA) is 54.4 Å². The number of rotatable bonds is 1. The average molecular weight is 180 g/mol. The quantitative estimate of drug-likeness (QED) is 0.658. The maximum atomic E-state index is 9.50. The highest BCUT2D eigenvalue weighted by Gasteiger charge is 2.17. The van der Waals surface area contributed by atoms with Gasteiger partial charge in [-0.2, -0.15) is 0 Å². The molecule has 2 N–H and O–H groups in total. The maximum absolute atomic E-state index is 9.50. The van der Waals surface area contributed by atoms with E-state index in [1.54, 1.807) is 6.20 Å². The molecule has 2 rings (SSSR count). The summed E-state index contributed by atoms with van der Waals surface area (Å²) in [6, 6.07) is 1.90. The molecule has 2 heterocycles. The molecule has 1 aromatic rings. The smallest absolute Gasteiger partial charge is 0.138 e. The fourth-order valence-corrected chi connectivity index (χ4v) is 1.46. The van der Waals surface area contributed by atoms with Crippen molar-refractivity contribution < 1.29 is 9.84 Å². The minimum atomic E-state index is 0.0942. The largest absolute Gasteiger partial charge is 0.506 e. The lowest BCUT2D eigenvalue weighted by molar-refractivity contribution is 0.0760. The van der Waals surface area contributed by atoms with Crippen LogP contribution in [0.15, 0.2) is 18.5 Å². The third kappa shape index (κ3) is 1.79. The van der Waals surface area contributed by atoms with Gasteiger partial charge in [-0.25, -0.2) is 0 Å². The third-order valence-corrected chi connectivity index (χ3v) is 2.13. The summed E-state index contributed by atoms with van der Waals surface area (Å²) in [5.74, 6) is 0.227. The summed E-state index contributed by atoms with van der Waals surface area (Å²) in [6.07, 6.45) is 3.12. The number of nitrogens with one attached hydrogen (secondary N) is 1. The zero-order valence-electron chi connectivity index (χ0n) is 7.23. The van der Waals surface area contributed by atoms with Crippen molar-refractivity contribution in [1.29, 1.82) is 0 Å². The molecule has 0 spiro atoms. The first-order valence-corrected chi connectivity index (χ1v) is 4.32. The van der Waals surface area contributed by atoms with Crippen molar-refractivity contribution in [3.05, 3.63) is 24.0 Å². The first-order chi connectivity index (χ1) is 6.38. The van der Waals surface area contributed by atoms with Crippen molar-refractivity contribution in [3.8, 4) is 5.75 Å². The highest BCUT2D eigenvalue weighted by molar-refractivity contribution is 5.31. The van der Waals surface area contributed by atoms with Crippen LogP contribution in [0.25, 0.3) is 0 Å². The van der Waals surface area contributed by atoms with Crippen molar-refractivity contribution in [2.75, 3.05) is 19.8 Å². The molecule has 0 aromatic carbocycles. The number of hydrogen-bond acceptors (Lipinski definition) is 4. The Kier molecular flexibility index (Phi) is 2.42. The molecule has 1 atom stereocenters. The van der Waals surface area contributed by atoms with Gasteiger partial charge < -0.3 is 15.2 Å². The van der Waals surface area contributed by atoms with Crippen LogP contribution in [0, 0.1) is 0 Å². The van der Waals surface area contributed by atoms with E-state index in [-0.39, 0.29) is 11.8 Å². The molecular weight excluding hydrogens is 168 g/mol. The second-order valence-electron chi connectivity index (χ2n) is 3.02. The summed E-state index contributed by atoms with van der Waals surface area (Å²) in [6.45, 7) is 2.17. The maximum Gasteiger partial charge on any atom is 0.138 e. The summed E-state index contributed by atoms with van der Waals surface area (Å²) >= 11 is 0. The van der Waals surface area contributed by atoms with Gasteiger partial charge in [-0.3, -0.25) is 4.98 Å². The monoisotopic (exact) mass is 180 g/mol. The molecule has 4 nitrogen and oxygen atoms in total. The van der Waals surface area contributed by atoms with Gasteiger partial charge in [0.2, 0.25) is 0 Å². The number of morpholine rings is 1. The second-order valence-corrected chi connectivity index (χ2v) is 3.02. The van der Waals surface area contributed by atoms with Gasteiger partial charge in [0.05, 0.1) is 25.5 Å². The predicted octanol–water partition coefficient (Wildman–Crippen LogP) is 0.448. The molecule has 1 aliphatic heterocycles. The lowest BCUT2D eigenvalue weighted by Gasteiger charge is -2.24. The van der Waals surface area contributed by atoms with Crippen LogP contribution < -0.4 is 5.32 Å². The van der Waals surface area contributed by atoms with Crippen molar-refractivity contribution in [3.63, 3.8) is 0 Å². The number of pyridine rings is 1. The molecule has 0 unspecified atom stereocenters. The van der Waals surface area contributed by atoms with Crippen molar-refractivity contribution >= 4 is 0 Å². The minimum absolute atomic E-state index is 0.0942. The van der Waals surface area contributed by atoms with Crippen LogP contribution >= 0.6 is 0 Å². The standard InChI is InChI=1S/C9H12N2O2/c12-9-5-10-2-1-7(9)8-6-13-4-3-11-8/h1-2,5,8,11-12H,3-4,6H2/t8-/m0/s1. The van der Waals surface area contributed by atoms with E-state index in [0.717, 1.165) is 18.7 Å². The number of aromatic hydroxyl groups is 1. The fraction of sp³-hybridized carbons (Fsp3) is 0.444. The van der Waals surface area contributed by atoms with Gasteiger partial charge in [0.1, 0.15) is 5.75 Å². The average Bonchev–Trinajstić information content (AvgIpc) is 2.20. The molecule has 1 saturated heterocycles. The van der Waals surface area contributed by atoms with Gasteiger partial charge in [0, 0.05) is 18.3 Å². The van der Waals surface area contributed by atoms with Crippen LogP contribution in [0.1, 0.15) is 11.6 Å². The van der Waals surface area contributed by atoms with Crippen LogP contribution in [0.3, 0.4) is 0 Å². The lowest BCUT2D eigenvalue weighted by atomic mass is 10.1. The van der Waals surface area contributed by atoms with Crippen LogP contribution in [0.5, 0.6) is 5.75 Å². The van der Waals surface area contributed by atoms with E-state index in [1.807, 2.05) is 6.07 Å². The summed E-state index contributed by atoms with van der Waals surface area (Å²) in [7, 11) is 0. The van der Waals surface area contributed by atoms with E-state index in [0.29, 0.717) is 6.61 Å². The summed E-state index contributed by atoms with van der Waals surface area (Å²) in [5, 5.41) is 12.8. The van der Waals surface area contributed by atoms with E-state index in [1.165, 1.54) is 6.20 Å². The summed E-state index contributed by atoms with van der Waals surface area (Å²) in [4.78, 5) is 3.82. The van der Waals surface area contributed by atoms with Crippen LogP contribution in [-0.2, 0) is 4.74 Å². The Balaban J connectivity index is 2.18. The normalized spacial score (nSPS) is 22.9. The molecule has 0 saturated carbocycles. The molecule has 0 radical (unpaired) electrons. The van der Waals surface area contributed by atoms with E-state index < -0.39 is 0 Å². The van der Waals surface area contributed by atoms with Crippen LogP contribution in [0.2, 0.25) is 0 Å². The molecule has 13 heavy (non-hydrogen) atoms. The molecule has 1 aliphatic rings. The van der Waals surface area contributed by atoms with E-state index in [9.17, 15) is 5.11 Å². The Morgan fingerprint density at radius 3 is 3.23 bits per heavy atom. The molecule has 0 bridgehead atoms. The first kappa shape index (κ1) is 8.47. The Hall–Kier alpha value is -1.13. The van der Waals surface area contributed by atoms with Crippen molar-refractivity contribution in [2.45, 2.75) is 6.04 Å². The SMILES string of the molecule is Oc1cnccc1[C@@H]1COCCN1. The van der Waals surface area contributed by atoms with Gasteiger partial charge in [0.15, 0.2) is 0 Å². The van der Waals surface area contributed by atoms with Gasteiger partial charge in [-0.15, -0.1) is 0 Å². The third-order valence-electron chi connectivity index (χ3n) is 2.13. The molecule has 1 fully saturated rings. The number of hydrogen-bond donors (Lipinski definition) is 2. The molecule has 0 amide bonds. The van der Waals surface area contributed by atoms with Gasteiger partial charge in [0.25, 0.3) is 0 Å². The molecule has 1 aromatic heterocycles. The Bertz CT molecular complexity index is 285. The van der Waals surface area contributed by atoms with Gasteiger partial charge in [-0.05, 0) is 6.07 Å². The molecule has 4 heteroatoms. The Morgan fingerprint density at radius 1 is 1.62 bits per heavy atom. The first-order valence-electron chi connectivity index (χ1n) is 4.32. The summed E-state index contributed by atoms with van der Waals surface area (Å²) < 4.78 is 5.30. The second kappa shape index (κ2) is 3.72. The predicted molar refractivity (Wildman–Crippen MR) is 47.5 cm³/mol. The zero-order chi connectivity index (χ0) is 9.10. The molecular formula is C9H12N2O2. The van der Waals surface area contributed by atoms with Crippen LogP contribution in [0.4, 0.5) is 0 Å². The van der Waals surface area contributed by atoms with E-state index in [4.69, 9.17) is 4.74 Å². The van der Waals surface area contributed by atoms with Gasteiger partial charge in [-0.1, -0.05) is 0 Å². The Morgan fingerprint density at radius 2 is 2.54 bits per heavy atom. The van der Waals surface area contributed by atoms with Gasteiger partial charge >= 0.3 is 0 Å². The fourth-order valence-electron chi connectivity index (χ4n) is 1.46. The number of nitrogens with zero attached hydrogens (tertiary/aromatic N) is 1. The van der Waals surface area contributed by atoms with Crippen molar-refractivity contribution in [2.24, 2.45) is 0 Å². The number of aromatic nitrogens is 1. The number of ether oxygens (including phenoxy) is 1. The highest BCUT2D eigenvalue weighted by atomic mass is 16.5. The molecule has 70 valence electrons. The highest BCUT2D eigenvalue weighted by Crippen LogP contribution is 2.23. The minimum Gasteiger partial charge on any atom is -0.506 e. The Labute approximate surface area is 76.6 Å². The van der Waals surface area contributed by atoms with E-state index in [2.05, 4.69) is 10.3 Å². The van der Waals surface area contributed by atoms with Crippen molar-refractivity contribution in [1.82, 2.24) is 10.3 Å².